The van der Waals surface area contributed by atoms with Crippen molar-refractivity contribution in [2.24, 2.45) is 0 Å². The van der Waals surface area contributed by atoms with Crippen LogP contribution in [0.25, 0.3) is 0 Å². The summed E-state index contributed by atoms with van der Waals surface area (Å²) in [6.07, 6.45) is -0.0537. The van der Waals surface area contributed by atoms with Gasteiger partial charge in [-0.2, -0.15) is 0 Å². The average molecular weight is 468 g/mol. The first kappa shape index (κ1) is 21.2. The van der Waals surface area contributed by atoms with Crippen LogP contribution < -0.4 is 10.6 Å². The van der Waals surface area contributed by atoms with E-state index in [0.717, 1.165) is 13.1 Å². The van der Waals surface area contributed by atoms with E-state index in [1.54, 1.807) is 30.3 Å². The highest BCUT2D eigenvalue weighted by Gasteiger charge is 2.39. The maximum atomic E-state index is 15.2. The number of imide groups is 1. The van der Waals surface area contributed by atoms with Crippen LogP contribution in [0, 0.1) is 5.82 Å². The molecule has 9 heteroatoms. The summed E-state index contributed by atoms with van der Waals surface area (Å²) in [5.41, 5.74) is 2.83. The Labute approximate surface area is 198 Å². The van der Waals surface area contributed by atoms with E-state index in [1.165, 1.54) is 4.90 Å². The van der Waals surface area contributed by atoms with Crippen LogP contribution in [0.4, 0.5) is 10.1 Å². The van der Waals surface area contributed by atoms with Crippen molar-refractivity contribution in [2.45, 2.75) is 38.5 Å². The van der Waals surface area contributed by atoms with Crippen LogP contribution in [0.15, 0.2) is 36.4 Å². The van der Waals surface area contributed by atoms with Crippen molar-refractivity contribution >= 4 is 23.4 Å². The molecule has 0 saturated carbocycles. The van der Waals surface area contributed by atoms with E-state index in [2.05, 4.69) is 15.5 Å². The van der Waals surface area contributed by atoms with Crippen LogP contribution in [0.2, 0.25) is 0 Å². The van der Waals surface area contributed by atoms with E-state index in [1.807, 2.05) is 6.07 Å². The summed E-state index contributed by atoms with van der Waals surface area (Å²) in [5, 5.41) is 5.41. The standard InChI is InChI=1S/C25H27FN4O4/c26-23-16(3-1-4-17(23)14-29-9-11-34-12-10-29)13-27-20-6-2-5-18-19(20)15-30(25(18)33)21-7-8-22(31)28-24(21)32/h1-6,21,27H,7-15H2,(H,28,31,32)/t21-/m0/s1/i21D. The van der Waals surface area contributed by atoms with Crippen molar-refractivity contribution < 1.29 is 24.9 Å². The fourth-order valence-corrected chi connectivity index (χ4v) is 4.66. The largest absolute Gasteiger partial charge is 0.381 e. The van der Waals surface area contributed by atoms with Crippen molar-refractivity contribution in [3.63, 3.8) is 0 Å². The number of amides is 3. The second kappa shape index (κ2) is 9.52. The van der Waals surface area contributed by atoms with Crippen LogP contribution in [0.1, 0.15) is 41.3 Å². The minimum absolute atomic E-state index is 0.000538. The van der Waals surface area contributed by atoms with Crippen LogP contribution >= 0.6 is 0 Å². The lowest BCUT2D eigenvalue weighted by atomic mass is 10.0. The number of piperidine rings is 1. The highest BCUT2D eigenvalue weighted by Crippen LogP contribution is 2.32. The number of hydrogen-bond acceptors (Lipinski definition) is 6. The molecule has 178 valence electrons. The van der Waals surface area contributed by atoms with E-state index in [-0.39, 0.29) is 31.7 Å². The van der Waals surface area contributed by atoms with E-state index >= 15 is 4.39 Å². The zero-order valence-electron chi connectivity index (χ0n) is 19.7. The molecular formula is C25H27FN4O4. The van der Waals surface area contributed by atoms with Crippen LogP contribution in [-0.2, 0) is 34.0 Å². The van der Waals surface area contributed by atoms with Gasteiger partial charge in [-0.05, 0) is 18.6 Å². The Kier molecular flexibility index (Phi) is 5.95. The lowest BCUT2D eigenvalue weighted by molar-refractivity contribution is -0.136. The quantitative estimate of drug-likeness (QED) is 0.632. The highest BCUT2D eigenvalue weighted by molar-refractivity contribution is 6.06. The zero-order chi connectivity index (χ0) is 24.6. The van der Waals surface area contributed by atoms with Gasteiger partial charge in [-0.1, -0.05) is 24.3 Å². The molecule has 0 radical (unpaired) electrons. The Morgan fingerprint density at radius 1 is 1.12 bits per heavy atom. The SMILES string of the molecule is [2H][C@]1(N2Cc3c(NCc4cccc(CN5CCOCC5)c4F)cccc3C2=O)CCC(=O)NC1=O. The number of hydrogen-bond donors (Lipinski definition) is 2. The molecule has 2 aromatic rings. The average Bonchev–Trinajstić information content (AvgIpc) is 3.21. The summed E-state index contributed by atoms with van der Waals surface area (Å²) in [7, 11) is 0. The molecule has 1 atom stereocenters. The van der Waals surface area contributed by atoms with Gasteiger partial charge in [0.15, 0.2) is 0 Å². The van der Waals surface area contributed by atoms with Gasteiger partial charge in [0, 0.05) is 67.1 Å². The van der Waals surface area contributed by atoms with E-state index in [9.17, 15) is 14.4 Å². The number of carbonyl (C=O) groups excluding carboxylic acids is 3. The molecule has 2 fully saturated rings. The maximum Gasteiger partial charge on any atom is 0.255 e. The molecule has 8 nitrogen and oxygen atoms in total. The van der Waals surface area contributed by atoms with Gasteiger partial charge in [-0.3, -0.25) is 24.6 Å². The summed E-state index contributed by atoms with van der Waals surface area (Å²) in [6, 6.07) is 8.68. The molecule has 0 unspecified atom stereocenters. The first-order chi connectivity index (χ1) is 16.9. The number of anilines is 1. The Hall–Kier alpha value is -3.30. The molecule has 5 rings (SSSR count). The Morgan fingerprint density at radius 2 is 1.88 bits per heavy atom. The van der Waals surface area contributed by atoms with Gasteiger partial charge in [-0.15, -0.1) is 0 Å². The number of halogens is 1. The molecule has 0 spiro atoms. The van der Waals surface area contributed by atoms with Crippen molar-refractivity contribution in [3.8, 4) is 0 Å². The summed E-state index contributed by atoms with van der Waals surface area (Å²) < 4.78 is 29.2. The van der Waals surface area contributed by atoms with Gasteiger partial charge in [0.2, 0.25) is 11.8 Å². The number of nitrogens with one attached hydrogen (secondary N) is 2. The molecule has 0 aromatic heterocycles. The minimum Gasteiger partial charge on any atom is -0.381 e. The lowest BCUT2D eigenvalue weighted by Crippen LogP contribution is -2.52. The van der Waals surface area contributed by atoms with E-state index in [4.69, 9.17) is 6.11 Å². The number of nitrogens with zero attached hydrogens (tertiary/aromatic N) is 2. The van der Waals surface area contributed by atoms with Crippen LogP contribution in [-0.4, -0.2) is 59.8 Å². The molecule has 2 aromatic carbocycles. The summed E-state index contributed by atoms with van der Waals surface area (Å²) in [6.45, 7) is 3.63. The van der Waals surface area contributed by atoms with Gasteiger partial charge in [-0.25, -0.2) is 4.39 Å². The zero-order valence-corrected chi connectivity index (χ0v) is 18.7. The Morgan fingerprint density at radius 3 is 2.68 bits per heavy atom. The van der Waals surface area contributed by atoms with E-state index < -0.39 is 23.7 Å². The molecule has 2 saturated heterocycles. The number of rotatable bonds is 6. The topological polar surface area (TPSA) is 91.0 Å². The van der Waals surface area contributed by atoms with E-state index in [0.29, 0.717) is 47.7 Å². The van der Waals surface area contributed by atoms with Crippen molar-refractivity contribution in [3.05, 3.63) is 64.5 Å². The molecule has 3 aliphatic rings. The van der Waals surface area contributed by atoms with Gasteiger partial charge in [0.05, 0.1) is 14.6 Å². The Bertz CT molecular complexity index is 1190. The highest BCUT2D eigenvalue weighted by atomic mass is 19.1. The van der Waals surface area contributed by atoms with Crippen molar-refractivity contribution in [2.75, 3.05) is 31.6 Å². The molecule has 3 amide bonds. The fourth-order valence-electron chi connectivity index (χ4n) is 4.66. The molecule has 0 aliphatic carbocycles. The number of carbonyl (C=O) groups is 3. The molecule has 3 aliphatic heterocycles. The first-order valence-corrected chi connectivity index (χ1v) is 11.5. The first-order valence-electron chi connectivity index (χ1n) is 12.0. The third kappa shape index (κ3) is 4.41. The number of benzene rings is 2. The van der Waals surface area contributed by atoms with Crippen molar-refractivity contribution in [1.82, 2.24) is 15.1 Å². The fraction of sp³-hybridized carbons (Fsp3) is 0.400. The third-order valence-corrected chi connectivity index (χ3v) is 6.52. The molecule has 34 heavy (non-hydrogen) atoms. The molecular weight excluding hydrogens is 439 g/mol. The monoisotopic (exact) mass is 467 g/mol. The smallest absolute Gasteiger partial charge is 0.255 e. The second-order valence-corrected chi connectivity index (χ2v) is 8.68. The number of morpholine rings is 1. The summed E-state index contributed by atoms with van der Waals surface area (Å²) >= 11 is 0. The van der Waals surface area contributed by atoms with Crippen LogP contribution in [0.5, 0.6) is 0 Å². The van der Waals surface area contributed by atoms with Gasteiger partial charge < -0.3 is 15.0 Å². The minimum atomic E-state index is -1.85. The number of fused-ring (bicyclic) bond motifs is 1. The lowest BCUT2D eigenvalue weighted by Gasteiger charge is -2.29. The predicted molar refractivity (Wildman–Crippen MR) is 122 cm³/mol. The third-order valence-electron chi connectivity index (χ3n) is 6.52. The number of ether oxygens (including phenoxy) is 1. The maximum absolute atomic E-state index is 15.2. The second-order valence-electron chi connectivity index (χ2n) is 8.68. The van der Waals surface area contributed by atoms with Gasteiger partial charge in [0.1, 0.15) is 11.8 Å². The molecule has 3 heterocycles. The summed E-state index contributed by atoms with van der Waals surface area (Å²) in [5.74, 6) is -1.92. The Balaban J connectivity index is 1.32. The molecule has 2 N–H and O–H groups in total. The molecule has 0 bridgehead atoms. The summed E-state index contributed by atoms with van der Waals surface area (Å²) in [4.78, 5) is 40.4. The predicted octanol–water partition coefficient (Wildman–Crippen LogP) is 2.03. The van der Waals surface area contributed by atoms with Crippen LogP contribution in [0.3, 0.4) is 0 Å². The normalized spacial score (nSPS) is 23.5. The van der Waals surface area contributed by atoms with Gasteiger partial charge in [0.25, 0.3) is 5.91 Å². The van der Waals surface area contributed by atoms with Crippen molar-refractivity contribution in [1.29, 1.82) is 0 Å². The van der Waals surface area contributed by atoms with Gasteiger partial charge >= 0.3 is 0 Å².